The minimum absolute atomic E-state index is 0.399. The fourth-order valence-electron chi connectivity index (χ4n) is 2.61. The molecular formula is C15H23NO. The molecule has 1 aliphatic rings. The molecule has 0 bridgehead atoms. The fraction of sp³-hybridized carbons (Fsp3) is 0.600. The van der Waals surface area contributed by atoms with E-state index in [4.69, 9.17) is 4.74 Å². The van der Waals surface area contributed by atoms with Crippen LogP contribution in [-0.4, -0.2) is 25.3 Å². The minimum atomic E-state index is 0.399. The van der Waals surface area contributed by atoms with Crippen molar-refractivity contribution in [2.45, 2.75) is 45.3 Å². The van der Waals surface area contributed by atoms with Gasteiger partial charge in [-0.05, 0) is 38.3 Å². The van der Waals surface area contributed by atoms with Crippen molar-refractivity contribution in [2.75, 3.05) is 13.2 Å². The lowest BCUT2D eigenvalue weighted by atomic mass is 9.98. The molecule has 0 aliphatic carbocycles. The highest BCUT2D eigenvalue weighted by molar-refractivity contribution is 5.23. The molecule has 2 nitrogen and oxygen atoms in total. The number of hydrogen-bond acceptors (Lipinski definition) is 2. The SMILES string of the molecule is CCNC(Cc1cccc(C)c1)C1CCCO1. The summed E-state index contributed by atoms with van der Waals surface area (Å²) in [7, 11) is 0. The molecule has 1 fully saturated rings. The highest BCUT2D eigenvalue weighted by Crippen LogP contribution is 2.19. The first-order valence-corrected chi connectivity index (χ1v) is 6.70. The van der Waals surface area contributed by atoms with Crippen molar-refractivity contribution in [3.8, 4) is 0 Å². The molecule has 94 valence electrons. The number of likely N-dealkylation sites (N-methyl/N-ethyl adjacent to an activating group) is 1. The summed E-state index contributed by atoms with van der Waals surface area (Å²) in [5, 5.41) is 3.57. The molecule has 2 rings (SSSR count). The number of ether oxygens (including phenoxy) is 1. The molecule has 0 saturated carbocycles. The molecule has 1 aromatic carbocycles. The lowest BCUT2D eigenvalue weighted by Gasteiger charge is -2.24. The summed E-state index contributed by atoms with van der Waals surface area (Å²) in [5.74, 6) is 0. The Kier molecular flexibility index (Phi) is 4.57. The Morgan fingerprint density at radius 3 is 3.00 bits per heavy atom. The molecule has 1 N–H and O–H groups in total. The molecule has 0 radical (unpaired) electrons. The van der Waals surface area contributed by atoms with Gasteiger partial charge in [-0.2, -0.15) is 0 Å². The van der Waals surface area contributed by atoms with E-state index in [1.165, 1.54) is 24.0 Å². The Morgan fingerprint density at radius 2 is 2.35 bits per heavy atom. The molecule has 0 aromatic heterocycles. The number of rotatable bonds is 5. The molecule has 1 aromatic rings. The van der Waals surface area contributed by atoms with E-state index >= 15 is 0 Å². The van der Waals surface area contributed by atoms with Crippen molar-refractivity contribution in [1.29, 1.82) is 0 Å². The van der Waals surface area contributed by atoms with Gasteiger partial charge < -0.3 is 10.1 Å². The lowest BCUT2D eigenvalue weighted by Crippen LogP contribution is -2.41. The van der Waals surface area contributed by atoms with Crippen LogP contribution in [0.1, 0.15) is 30.9 Å². The lowest BCUT2D eigenvalue weighted by molar-refractivity contribution is 0.0789. The molecule has 0 spiro atoms. The minimum Gasteiger partial charge on any atom is -0.377 e. The molecule has 2 atom stereocenters. The maximum Gasteiger partial charge on any atom is 0.0732 e. The average Bonchev–Trinajstić information content (AvgIpc) is 2.82. The van der Waals surface area contributed by atoms with E-state index in [2.05, 4.69) is 43.4 Å². The molecular weight excluding hydrogens is 210 g/mol. The van der Waals surface area contributed by atoms with Crippen LogP contribution in [0.2, 0.25) is 0 Å². The van der Waals surface area contributed by atoms with Crippen LogP contribution in [0.4, 0.5) is 0 Å². The zero-order valence-electron chi connectivity index (χ0n) is 10.9. The number of aryl methyl sites for hydroxylation is 1. The highest BCUT2D eigenvalue weighted by Gasteiger charge is 2.25. The first-order valence-electron chi connectivity index (χ1n) is 6.70. The summed E-state index contributed by atoms with van der Waals surface area (Å²) in [4.78, 5) is 0. The second-order valence-corrected chi connectivity index (χ2v) is 4.91. The van der Waals surface area contributed by atoms with Crippen LogP contribution in [0.5, 0.6) is 0 Å². The van der Waals surface area contributed by atoms with E-state index in [0.717, 1.165) is 19.6 Å². The largest absolute Gasteiger partial charge is 0.377 e. The monoisotopic (exact) mass is 233 g/mol. The van der Waals surface area contributed by atoms with Crippen LogP contribution >= 0.6 is 0 Å². The van der Waals surface area contributed by atoms with Crippen molar-refractivity contribution in [2.24, 2.45) is 0 Å². The van der Waals surface area contributed by atoms with E-state index in [1.807, 2.05) is 0 Å². The zero-order chi connectivity index (χ0) is 12.1. The van der Waals surface area contributed by atoms with Gasteiger partial charge in [0.1, 0.15) is 0 Å². The van der Waals surface area contributed by atoms with E-state index in [9.17, 15) is 0 Å². The molecule has 1 aliphatic heterocycles. The van der Waals surface area contributed by atoms with Crippen molar-refractivity contribution in [1.82, 2.24) is 5.32 Å². The predicted molar refractivity (Wildman–Crippen MR) is 71.3 cm³/mol. The first-order chi connectivity index (χ1) is 8.29. The van der Waals surface area contributed by atoms with E-state index in [0.29, 0.717) is 12.1 Å². The number of nitrogens with one attached hydrogen (secondary N) is 1. The zero-order valence-corrected chi connectivity index (χ0v) is 10.9. The topological polar surface area (TPSA) is 21.3 Å². The van der Waals surface area contributed by atoms with Crippen LogP contribution in [0, 0.1) is 6.92 Å². The van der Waals surface area contributed by atoms with Gasteiger partial charge in [0.2, 0.25) is 0 Å². The fourth-order valence-corrected chi connectivity index (χ4v) is 2.61. The molecule has 1 heterocycles. The molecule has 2 heteroatoms. The Hall–Kier alpha value is -0.860. The molecule has 1 saturated heterocycles. The van der Waals surface area contributed by atoms with Crippen LogP contribution in [-0.2, 0) is 11.2 Å². The van der Waals surface area contributed by atoms with Gasteiger partial charge in [-0.1, -0.05) is 36.8 Å². The summed E-state index contributed by atoms with van der Waals surface area (Å²) in [5.41, 5.74) is 2.75. The first kappa shape index (κ1) is 12.6. The predicted octanol–water partition coefficient (Wildman–Crippen LogP) is 2.69. The average molecular weight is 233 g/mol. The number of hydrogen-bond donors (Lipinski definition) is 1. The maximum absolute atomic E-state index is 5.81. The van der Waals surface area contributed by atoms with Crippen molar-refractivity contribution in [3.05, 3.63) is 35.4 Å². The molecule has 17 heavy (non-hydrogen) atoms. The van der Waals surface area contributed by atoms with Crippen LogP contribution in [0.3, 0.4) is 0 Å². The van der Waals surface area contributed by atoms with Crippen molar-refractivity contribution in [3.63, 3.8) is 0 Å². The Balaban J connectivity index is 2.01. The van der Waals surface area contributed by atoms with Gasteiger partial charge >= 0.3 is 0 Å². The normalized spacial score (nSPS) is 21.6. The number of benzene rings is 1. The quantitative estimate of drug-likeness (QED) is 0.844. The van der Waals surface area contributed by atoms with E-state index in [1.54, 1.807) is 0 Å². The van der Waals surface area contributed by atoms with Crippen LogP contribution in [0.15, 0.2) is 24.3 Å². The highest BCUT2D eigenvalue weighted by atomic mass is 16.5. The summed E-state index contributed by atoms with van der Waals surface area (Å²) >= 11 is 0. The molecule has 2 unspecified atom stereocenters. The standard InChI is InChI=1S/C15H23NO/c1-3-16-14(15-8-5-9-17-15)11-13-7-4-6-12(2)10-13/h4,6-7,10,14-16H,3,5,8-9,11H2,1-2H3. The summed E-state index contributed by atoms with van der Waals surface area (Å²) in [6.07, 6.45) is 3.87. The van der Waals surface area contributed by atoms with Gasteiger partial charge in [-0.25, -0.2) is 0 Å². The smallest absolute Gasteiger partial charge is 0.0732 e. The third-order valence-electron chi connectivity index (χ3n) is 3.42. The Morgan fingerprint density at radius 1 is 1.47 bits per heavy atom. The van der Waals surface area contributed by atoms with Crippen LogP contribution < -0.4 is 5.32 Å². The maximum atomic E-state index is 5.81. The van der Waals surface area contributed by atoms with Gasteiger partial charge in [0.05, 0.1) is 6.10 Å². The summed E-state index contributed by atoms with van der Waals surface area (Å²) in [6.45, 7) is 6.26. The van der Waals surface area contributed by atoms with Crippen molar-refractivity contribution >= 4 is 0 Å². The van der Waals surface area contributed by atoms with Gasteiger partial charge in [0, 0.05) is 12.6 Å². The van der Waals surface area contributed by atoms with Gasteiger partial charge in [-0.3, -0.25) is 0 Å². The Labute approximate surface area is 104 Å². The van der Waals surface area contributed by atoms with Gasteiger partial charge in [-0.15, -0.1) is 0 Å². The second-order valence-electron chi connectivity index (χ2n) is 4.91. The third kappa shape index (κ3) is 3.55. The third-order valence-corrected chi connectivity index (χ3v) is 3.42. The molecule has 0 amide bonds. The summed E-state index contributed by atoms with van der Waals surface area (Å²) in [6, 6.07) is 9.25. The van der Waals surface area contributed by atoms with Crippen molar-refractivity contribution < 1.29 is 4.74 Å². The van der Waals surface area contributed by atoms with E-state index < -0.39 is 0 Å². The van der Waals surface area contributed by atoms with Gasteiger partial charge in [0.15, 0.2) is 0 Å². The summed E-state index contributed by atoms with van der Waals surface area (Å²) < 4.78 is 5.81. The van der Waals surface area contributed by atoms with Gasteiger partial charge in [0.25, 0.3) is 0 Å². The second kappa shape index (κ2) is 6.18. The Bertz CT molecular complexity index is 345. The van der Waals surface area contributed by atoms with E-state index in [-0.39, 0.29) is 0 Å². The van der Waals surface area contributed by atoms with Crippen LogP contribution in [0.25, 0.3) is 0 Å².